The zero-order valence-electron chi connectivity index (χ0n) is 15.2. The van der Waals surface area contributed by atoms with Gasteiger partial charge in [-0.1, -0.05) is 34.1 Å². The predicted octanol–water partition coefficient (Wildman–Crippen LogP) is 4.21. The Balaban J connectivity index is 0.00000364. The quantitative estimate of drug-likeness (QED) is 0.288. The average molecular weight is 549 g/mol. The molecule has 1 amide bonds. The molecule has 3 N–H and O–H groups in total. The van der Waals surface area contributed by atoms with Gasteiger partial charge in [-0.05, 0) is 42.3 Å². The van der Waals surface area contributed by atoms with Gasteiger partial charge in [-0.3, -0.25) is 9.79 Å². The summed E-state index contributed by atoms with van der Waals surface area (Å²) in [5.74, 6) is 0.201. The van der Waals surface area contributed by atoms with Gasteiger partial charge in [0.05, 0.1) is 0 Å². The summed E-state index contributed by atoms with van der Waals surface area (Å²) in [7, 11) is 1.64. The Labute approximate surface area is 184 Å². The normalized spacial score (nSPS) is 10.7. The number of nitrogens with zero attached hydrogens (tertiary/aromatic N) is 1. The number of rotatable bonds is 6. The Hall–Kier alpha value is -1.68. The third kappa shape index (κ3) is 8.25. The number of nitrogens with one attached hydrogen (secondary N) is 3. The second-order valence-electron chi connectivity index (χ2n) is 5.74. The van der Waals surface area contributed by atoms with E-state index in [1.54, 1.807) is 13.1 Å². The molecule has 0 heterocycles. The number of benzene rings is 2. The Bertz CT molecular complexity index is 801. The minimum Gasteiger partial charge on any atom is -0.356 e. The van der Waals surface area contributed by atoms with Crippen LogP contribution in [-0.4, -0.2) is 25.5 Å². The lowest BCUT2D eigenvalue weighted by atomic mass is 10.2. The van der Waals surface area contributed by atoms with Crippen molar-refractivity contribution in [2.75, 3.05) is 18.9 Å². The molecule has 0 aliphatic heterocycles. The highest BCUT2D eigenvalue weighted by atomic mass is 127. The van der Waals surface area contributed by atoms with Crippen LogP contribution in [0.5, 0.6) is 0 Å². The molecule has 146 valence electrons. The van der Waals surface area contributed by atoms with Crippen molar-refractivity contribution in [2.24, 2.45) is 4.99 Å². The maximum atomic E-state index is 13.2. The first kappa shape index (κ1) is 23.4. The molecule has 2 rings (SSSR count). The van der Waals surface area contributed by atoms with Crippen molar-refractivity contribution in [3.05, 3.63) is 63.9 Å². The van der Waals surface area contributed by atoms with Crippen molar-refractivity contribution in [3.8, 4) is 0 Å². The molecule has 0 aliphatic rings. The number of anilines is 1. The number of aliphatic imine (C=N–C) groups is 1. The van der Waals surface area contributed by atoms with Gasteiger partial charge >= 0.3 is 0 Å². The van der Waals surface area contributed by atoms with Gasteiger partial charge in [-0.2, -0.15) is 0 Å². The van der Waals surface area contributed by atoms with Crippen molar-refractivity contribution in [2.45, 2.75) is 19.9 Å². The van der Waals surface area contributed by atoms with Gasteiger partial charge in [0.1, 0.15) is 5.82 Å². The first-order valence-electron chi connectivity index (χ1n) is 8.23. The van der Waals surface area contributed by atoms with Crippen LogP contribution in [0.3, 0.4) is 0 Å². The topological polar surface area (TPSA) is 65.5 Å². The van der Waals surface area contributed by atoms with Gasteiger partial charge in [0.25, 0.3) is 0 Å². The summed E-state index contributed by atoms with van der Waals surface area (Å²) in [4.78, 5) is 16.2. The molecule has 0 saturated carbocycles. The third-order valence-corrected chi connectivity index (χ3v) is 4.18. The molecule has 0 unspecified atom stereocenters. The van der Waals surface area contributed by atoms with Crippen LogP contribution >= 0.6 is 39.9 Å². The lowest BCUT2D eigenvalue weighted by Gasteiger charge is -2.13. The molecule has 2 aromatic carbocycles. The summed E-state index contributed by atoms with van der Waals surface area (Å²) in [6.07, 6.45) is 0.298. The minimum absolute atomic E-state index is 0. The number of halogens is 3. The van der Waals surface area contributed by atoms with Crippen LogP contribution in [0.4, 0.5) is 10.1 Å². The summed E-state index contributed by atoms with van der Waals surface area (Å²) in [5, 5.41) is 9.06. The fourth-order valence-corrected chi connectivity index (χ4v) is 2.65. The monoisotopic (exact) mass is 548 g/mol. The van der Waals surface area contributed by atoms with Crippen LogP contribution in [0, 0.1) is 12.7 Å². The van der Waals surface area contributed by atoms with E-state index in [-0.39, 0.29) is 35.7 Å². The molecule has 0 atom stereocenters. The zero-order valence-corrected chi connectivity index (χ0v) is 19.1. The lowest BCUT2D eigenvalue weighted by molar-refractivity contribution is -0.116. The highest BCUT2D eigenvalue weighted by Gasteiger charge is 2.06. The minimum atomic E-state index is -0.272. The van der Waals surface area contributed by atoms with Crippen LogP contribution in [-0.2, 0) is 11.3 Å². The van der Waals surface area contributed by atoms with Crippen molar-refractivity contribution in [3.63, 3.8) is 0 Å². The predicted molar refractivity (Wildman–Crippen MR) is 122 cm³/mol. The highest BCUT2D eigenvalue weighted by Crippen LogP contribution is 2.20. The molecule has 27 heavy (non-hydrogen) atoms. The number of hydrogen-bond donors (Lipinski definition) is 3. The standard InChI is InChI=1S/C19H22BrFN4O.HI/c1-13-6-7-15(20)11-17(13)25-18(26)8-9-23-19(22-2)24-12-14-4-3-5-16(21)10-14;/h3-7,10-11H,8-9,12H2,1-2H3,(H,25,26)(H2,22,23,24);1H. The molecule has 0 saturated heterocycles. The van der Waals surface area contributed by atoms with Crippen molar-refractivity contribution in [1.82, 2.24) is 10.6 Å². The number of aryl methyl sites for hydroxylation is 1. The maximum Gasteiger partial charge on any atom is 0.226 e. The van der Waals surface area contributed by atoms with E-state index >= 15 is 0 Å². The van der Waals surface area contributed by atoms with E-state index in [1.807, 2.05) is 31.2 Å². The molecule has 0 spiro atoms. The molecule has 0 radical (unpaired) electrons. The van der Waals surface area contributed by atoms with Crippen LogP contribution in [0.1, 0.15) is 17.5 Å². The van der Waals surface area contributed by atoms with Gasteiger partial charge in [0, 0.05) is 36.7 Å². The number of hydrogen-bond acceptors (Lipinski definition) is 2. The van der Waals surface area contributed by atoms with E-state index in [0.29, 0.717) is 25.5 Å². The highest BCUT2D eigenvalue weighted by molar-refractivity contribution is 14.0. The lowest BCUT2D eigenvalue weighted by Crippen LogP contribution is -2.38. The number of carbonyl (C=O) groups is 1. The molecule has 8 heteroatoms. The summed E-state index contributed by atoms with van der Waals surface area (Å²) in [6, 6.07) is 12.1. The van der Waals surface area contributed by atoms with E-state index < -0.39 is 0 Å². The molecule has 5 nitrogen and oxygen atoms in total. The summed E-state index contributed by atoms with van der Waals surface area (Å²) >= 11 is 3.40. The van der Waals surface area contributed by atoms with Crippen LogP contribution in [0.15, 0.2) is 51.9 Å². The second-order valence-corrected chi connectivity index (χ2v) is 6.66. The molecular weight excluding hydrogens is 526 g/mol. The first-order chi connectivity index (χ1) is 12.5. The molecular formula is C19H23BrFIN4O. The number of amides is 1. The van der Waals surface area contributed by atoms with Crippen molar-refractivity contribution in [1.29, 1.82) is 0 Å². The Morgan fingerprint density at radius 3 is 2.67 bits per heavy atom. The van der Waals surface area contributed by atoms with Crippen LogP contribution in [0.2, 0.25) is 0 Å². The largest absolute Gasteiger partial charge is 0.356 e. The molecule has 2 aromatic rings. The van der Waals surface area contributed by atoms with E-state index in [4.69, 9.17) is 0 Å². The van der Waals surface area contributed by atoms with Gasteiger partial charge in [-0.25, -0.2) is 4.39 Å². The Morgan fingerprint density at radius 2 is 1.96 bits per heavy atom. The van der Waals surface area contributed by atoms with Crippen molar-refractivity contribution < 1.29 is 9.18 Å². The van der Waals surface area contributed by atoms with Gasteiger partial charge in [0.2, 0.25) is 5.91 Å². The van der Waals surface area contributed by atoms with E-state index in [9.17, 15) is 9.18 Å². The zero-order chi connectivity index (χ0) is 18.9. The number of guanidine groups is 1. The van der Waals surface area contributed by atoms with Gasteiger partial charge in [0.15, 0.2) is 5.96 Å². The van der Waals surface area contributed by atoms with Gasteiger partial charge < -0.3 is 16.0 Å². The van der Waals surface area contributed by atoms with Crippen LogP contribution in [0.25, 0.3) is 0 Å². The SMILES string of the molecule is CN=C(NCCC(=O)Nc1cc(Br)ccc1C)NCc1cccc(F)c1.I. The van der Waals surface area contributed by atoms with Gasteiger partial charge in [-0.15, -0.1) is 24.0 Å². The van der Waals surface area contributed by atoms with E-state index in [0.717, 1.165) is 21.3 Å². The summed E-state index contributed by atoms with van der Waals surface area (Å²) in [5.41, 5.74) is 2.61. The fourth-order valence-electron chi connectivity index (χ4n) is 2.29. The Kier molecular flexibility index (Phi) is 10.3. The summed E-state index contributed by atoms with van der Waals surface area (Å²) in [6.45, 7) is 2.82. The number of carbonyl (C=O) groups excluding carboxylic acids is 1. The fraction of sp³-hybridized carbons (Fsp3) is 0.263. The molecule has 0 fully saturated rings. The Morgan fingerprint density at radius 1 is 1.19 bits per heavy atom. The molecule has 0 aromatic heterocycles. The molecule has 0 bridgehead atoms. The van der Waals surface area contributed by atoms with Crippen molar-refractivity contribution >= 4 is 57.5 Å². The van der Waals surface area contributed by atoms with E-state index in [2.05, 4.69) is 36.9 Å². The first-order valence-corrected chi connectivity index (χ1v) is 9.02. The van der Waals surface area contributed by atoms with Crippen LogP contribution < -0.4 is 16.0 Å². The second kappa shape index (κ2) is 11.9. The smallest absolute Gasteiger partial charge is 0.226 e. The maximum absolute atomic E-state index is 13.2. The molecule has 0 aliphatic carbocycles. The third-order valence-electron chi connectivity index (χ3n) is 3.69. The summed E-state index contributed by atoms with van der Waals surface area (Å²) < 4.78 is 14.1. The van der Waals surface area contributed by atoms with E-state index in [1.165, 1.54) is 12.1 Å². The average Bonchev–Trinajstić information content (AvgIpc) is 2.61.